The highest BCUT2D eigenvalue weighted by molar-refractivity contribution is 7.18. The van der Waals surface area contributed by atoms with Crippen molar-refractivity contribution in [2.24, 2.45) is 0 Å². The van der Waals surface area contributed by atoms with Crippen LogP contribution in [-0.2, 0) is 13.0 Å². The Labute approximate surface area is 158 Å². The van der Waals surface area contributed by atoms with Crippen molar-refractivity contribution < 1.29 is 0 Å². The van der Waals surface area contributed by atoms with Crippen LogP contribution in [-0.4, -0.2) is 22.5 Å². The van der Waals surface area contributed by atoms with Crippen LogP contribution in [0, 0.1) is 0 Å². The lowest BCUT2D eigenvalue weighted by Gasteiger charge is -2.32. The molecule has 2 aromatic heterocycles. The summed E-state index contributed by atoms with van der Waals surface area (Å²) >= 11 is 1.86. The fourth-order valence-electron chi connectivity index (χ4n) is 4.33. The maximum absolute atomic E-state index is 3.73. The molecule has 26 heavy (non-hydrogen) atoms. The second-order valence-electron chi connectivity index (χ2n) is 7.44. The maximum atomic E-state index is 3.73. The summed E-state index contributed by atoms with van der Waals surface area (Å²) in [5, 5.41) is 5.21. The third kappa shape index (κ3) is 2.42. The fraction of sp³-hybridized carbons (Fsp3) is 0.304. The maximum Gasteiger partial charge on any atom is 0.0466 e. The van der Waals surface area contributed by atoms with Gasteiger partial charge in [0.05, 0.1) is 0 Å². The summed E-state index contributed by atoms with van der Waals surface area (Å²) in [4.78, 5) is 6.37. The molecular weight excluding hydrogens is 336 g/mol. The van der Waals surface area contributed by atoms with E-state index in [1.807, 2.05) is 11.3 Å². The Morgan fingerprint density at radius 1 is 1.12 bits per heavy atom. The normalized spacial score (nSPS) is 16.2. The van der Waals surface area contributed by atoms with Crippen LogP contribution < -0.4 is 0 Å². The number of nitrogens with zero attached hydrogens (tertiary/aromatic N) is 1. The van der Waals surface area contributed by atoms with E-state index in [1.54, 1.807) is 0 Å². The van der Waals surface area contributed by atoms with Crippen molar-refractivity contribution >= 4 is 32.3 Å². The minimum absolute atomic E-state index is 0.642. The first kappa shape index (κ1) is 16.1. The Bertz CT molecular complexity index is 1070. The van der Waals surface area contributed by atoms with Crippen LogP contribution in [0.5, 0.6) is 0 Å². The highest BCUT2D eigenvalue weighted by atomic mass is 32.1. The number of aromatic nitrogens is 1. The molecule has 0 aliphatic carbocycles. The molecule has 2 aromatic carbocycles. The van der Waals surface area contributed by atoms with E-state index in [1.165, 1.54) is 49.8 Å². The number of thiophene rings is 1. The average molecular weight is 361 g/mol. The van der Waals surface area contributed by atoms with Gasteiger partial charge in [-0.3, -0.25) is 4.90 Å². The van der Waals surface area contributed by atoms with Crippen molar-refractivity contribution in [1.82, 2.24) is 9.88 Å². The predicted molar refractivity (Wildman–Crippen MR) is 113 cm³/mol. The van der Waals surface area contributed by atoms with Crippen molar-refractivity contribution in [1.29, 1.82) is 0 Å². The molecule has 2 nitrogen and oxygen atoms in total. The zero-order valence-electron chi connectivity index (χ0n) is 15.4. The van der Waals surface area contributed by atoms with Gasteiger partial charge in [0.1, 0.15) is 0 Å². The van der Waals surface area contributed by atoms with E-state index < -0.39 is 0 Å². The summed E-state index contributed by atoms with van der Waals surface area (Å²) in [6.07, 6.45) is 2.33. The van der Waals surface area contributed by atoms with Crippen molar-refractivity contribution in [2.75, 3.05) is 6.54 Å². The molecule has 0 radical (unpaired) electrons. The van der Waals surface area contributed by atoms with Crippen LogP contribution >= 0.6 is 11.3 Å². The van der Waals surface area contributed by atoms with Gasteiger partial charge in [-0.2, -0.15) is 0 Å². The average Bonchev–Trinajstić information content (AvgIpc) is 3.28. The molecule has 1 aliphatic heterocycles. The second-order valence-corrected chi connectivity index (χ2v) is 8.35. The Balaban J connectivity index is 1.76. The molecule has 0 amide bonds. The molecule has 5 rings (SSSR count). The molecule has 0 fully saturated rings. The monoisotopic (exact) mass is 360 g/mol. The van der Waals surface area contributed by atoms with Crippen molar-refractivity contribution in [3.8, 4) is 11.1 Å². The largest absolute Gasteiger partial charge is 0.358 e. The van der Waals surface area contributed by atoms with Gasteiger partial charge in [-0.05, 0) is 42.0 Å². The molecule has 1 unspecified atom stereocenters. The third-order valence-electron chi connectivity index (χ3n) is 6.00. The second kappa shape index (κ2) is 6.26. The van der Waals surface area contributed by atoms with E-state index in [0.717, 1.165) is 19.5 Å². The number of nitrogens with one attached hydrogen (secondary N) is 1. The van der Waals surface area contributed by atoms with E-state index in [2.05, 4.69) is 71.6 Å². The van der Waals surface area contributed by atoms with Gasteiger partial charge in [0.25, 0.3) is 0 Å². The predicted octanol–water partition coefficient (Wildman–Crippen LogP) is 6.21. The van der Waals surface area contributed by atoms with Crippen LogP contribution in [0.4, 0.5) is 0 Å². The molecule has 4 aromatic rings. The van der Waals surface area contributed by atoms with Gasteiger partial charge >= 0.3 is 0 Å². The highest BCUT2D eigenvalue weighted by Gasteiger charge is 2.25. The summed E-state index contributed by atoms with van der Waals surface area (Å²) < 4.78 is 1.39. The number of aromatic amines is 1. The van der Waals surface area contributed by atoms with E-state index in [4.69, 9.17) is 0 Å². The van der Waals surface area contributed by atoms with Gasteiger partial charge in [-0.1, -0.05) is 37.3 Å². The lowest BCUT2D eigenvalue weighted by atomic mass is 9.97. The van der Waals surface area contributed by atoms with Crippen LogP contribution in [0.25, 0.3) is 32.1 Å². The number of fused-ring (bicyclic) bond motifs is 5. The number of hydrogen-bond acceptors (Lipinski definition) is 2. The number of hydrogen-bond donors (Lipinski definition) is 1. The quantitative estimate of drug-likeness (QED) is 0.460. The van der Waals surface area contributed by atoms with E-state index in [0.29, 0.717) is 6.04 Å². The molecular formula is C23H24N2S. The van der Waals surface area contributed by atoms with Gasteiger partial charge in [-0.25, -0.2) is 0 Å². The zero-order chi connectivity index (χ0) is 17.7. The topological polar surface area (TPSA) is 19.0 Å². The van der Waals surface area contributed by atoms with Crippen LogP contribution in [0.15, 0.2) is 47.8 Å². The number of benzene rings is 2. The standard InChI is InChI=1S/C23H24N2S/c1-3-15(2)25-12-11-19-17(13-25)22-20(24-19)9-10-21-23(22)18(14-26-21)16-7-5-4-6-8-16/h4-10,14-15,24H,3,11-13H2,1-2H3. The van der Waals surface area contributed by atoms with Crippen molar-refractivity contribution in [2.45, 2.75) is 39.3 Å². The van der Waals surface area contributed by atoms with Crippen molar-refractivity contribution in [3.63, 3.8) is 0 Å². The molecule has 132 valence electrons. The van der Waals surface area contributed by atoms with Gasteiger partial charge in [-0.15, -0.1) is 11.3 Å². The van der Waals surface area contributed by atoms with Gasteiger partial charge in [0.15, 0.2) is 0 Å². The first-order valence-electron chi connectivity index (χ1n) is 9.59. The van der Waals surface area contributed by atoms with Crippen LogP contribution in [0.2, 0.25) is 0 Å². The lowest BCUT2D eigenvalue weighted by molar-refractivity contribution is 0.186. The zero-order valence-corrected chi connectivity index (χ0v) is 16.2. The number of H-pyrrole nitrogens is 1. The molecule has 0 saturated carbocycles. The number of rotatable bonds is 3. The van der Waals surface area contributed by atoms with E-state index >= 15 is 0 Å². The minimum atomic E-state index is 0.642. The first-order valence-corrected chi connectivity index (χ1v) is 10.5. The Kier molecular flexibility index (Phi) is 3.87. The Morgan fingerprint density at radius 2 is 1.96 bits per heavy atom. The SMILES string of the molecule is CCC(C)N1CCc2[nH]c3ccc4scc(-c5ccccc5)c4c3c2C1. The smallest absolute Gasteiger partial charge is 0.0466 e. The first-order chi connectivity index (χ1) is 12.8. The molecule has 0 saturated heterocycles. The van der Waals surface area contributed by atoms with Crippen LogP contribution in [0.3, 0.4) is 0 Å². The minimum Gasteiger partial charge on any atom is -0.358 e. The third-order valence-corrected chi connectivity index (χ3v) is 6.95. The van der Waals surface area contributed by atoms with Gasteiger partial charge in [0, 0.05) is 57.8 Å². The summed E-state index contributed by atoms with van der Waals surface area (Å²) in [7, 11) is 0. The van der Waals surface area contributed by atoms with E-state index in [9.17, 15) is 0 Å². The lowest BCUT2D eigenvalue weighted by Crippen LogP contribution is -2.37. The van der Waals surface area contributed by atoms with Gasteiger partial charge in [0.2, 0.25) is 0 Å². The van der Waals surface area contributed by atoms with E-state index in [-0.39, 0.29) is 0 Å². The van der Waals surface area contributed by atoms with Gasteiger partial charge < -0.3 is 4.98 Å². The summed E-state index contributed by atoms with van der Waals surface area (Å²) in [6.45, 7) is 6.87. The molecule has 1 aliphatic rings. The molecule has 1 N–H and O–H groups in total. The Morgan fingerprint density at radius 3 is 2.77 bits per heavy atom. The Hall–Kier alpha value is -2.10. The molecule has 3 heteroatoms. The van der Waals surface area contributed by atoms with Crippen molar-refractivity contribution in [3.05, 3.63) is 59.1 Å². The molecule has 1 atom stereocenters. The molecule has 0 bridgehead atoms. The molecule has 3 heterocycles. The fourth-order valence-corrected chi connectivity index (χ4v) is 5.30. The van der Waals surface area contributed by atoms with Crippen LogP contribution in [0.1, 0.15) is 31.5 Å². The summed E-state index contributed by atoms with van der Waals surface area (Å²) in [5.74, 6) is 0. The summed E-state index contributed by atoms with van der Waals surface area (Å²) in [6, 6.07) is 16.0. The molecule has 0 spiro atoms. The summed E-state index contributed by atoms with van der Waals surface area (Å²) in [5.41, 5.74) is 6.95. The highest BCUT2D eigenvalue weighted by Crippen LogP contribution is 2.42.